The van der Waals surface area contributed by atoms with Gasteiger partial charge in [0, 0.05) is 23.8 Å². The molecule has 0 bridgehead atoms. The Morgan fingerprint density at radius 2 is 1.98 bits per heavy atom. The molecule has 2 aromatic heterocycles. The van der Waals surface area contributed by atoms with Gasteiger partial charge in [-0.15, -0.1) is 0 Å². The van der Waals surface area contributed by atoms with E-state index in [9.17, 15) is 9.59 Å². The Bertz CT molecular complexity index is 1370. The quantitative estimate of drug-likeness (QED) is 0.378. The first kappa shape index (κ1) is 28.6. The van der Waals surface area contributed by atoms with Crippen molar-refractivity contribution < 1.29 is 9.59 Å². The van der Waals surface area contributed by atoms with E-state index < -0.39 is 0 Å². The fraction of sp³-hybridized carbons (Fsp3) is 0.548. The molecule has 0 radical (unpaired) electrons. The molecule has 2 aliphatic rings. The first-order valence-corrected chi connectivity index (χ1v) is 15.2. The van der Waals surface area contributed by atoms with Gasteiger partial charge in [0.2, 0.25) is 0 Å². The molecule has 40 heavy (non-hydrogen) atoms. The number of amides is 2. The topological polar surface area (TPSA) is 99.2 Å². The molecule has 3 N–H and O–H groups in total. The van der Waals surface area contributed by atoms with Gasteiger partial charge in [-0.2, -0.15) is 0 Å². The van der Waals surface area contributed by atoms with E-state index >= 15 is 0 Å². The molecular formula is C31H42N6O2S. The van der Waals surface area contributed by atoms with E-state index in [2.05, 4.69) is 47.7 Å². The summed E-state index contributed by atoms with van der Waals surface area (Å²) in [6, 6.07) is 9.65. The summed E-state index contributed by atoms with van der Waals surface area (Å²) in [5.74, 6) is 0.332. The van der Waals surface area contributed by atoms with Gasteiger partial charge in [0.15, 0.2) is 5.01 Å². The van der Waals surface area contributed by atoms with Crippen molar-refractivity contribution in [2.24, 2.45) is 11.3 Å². The zero-order chi connectivity index (χ0) is 28.4. The van der Waals surface area contributed by atoms with Crippen molar-refractivity contribution in [1.29, 1.82) is 0 Å². The molecule has 5 rings (SSSR count). The number of hydrogen-bond acceptors (Lipinski definition) is 7. The Morgan fingerprint density at radius 3 is 2.70 bits per heavy atom. The molecule has 1 unspecified atom stereocenters. The van der Waals surface area contributed by atoms with Crippen LogP contribution in [-0.2, 0) is 12.8 Å². The molecule has 8 nitrogen and oxygen atoms in total. The lowest BCUT2D eigenvalue weighted by molar-refractivity contribution is 0.0930. The minimum Gasteiger partial charge on any atom is -0.348 e. The first-order chi connectivity index (χ1) is 19.1. The minimum absolute atomic E-state index is 0.0804. The van der Waals surface area contributed by atoms with Crippen LogP contribution in [0.4, 0.5) is 0 Å². The number of carbonyl (C=O) groups excluding carboxylic acids is 2. The standard InChI is InChI=1S/C31H42N6O2S/c1-31(2,3)22-9-10-24-21(16-22)17-26-29(35-24)40-30(36-26)28(39)34-25(12-14-37(4)5)19-7-6-8-20(15-19)27(38)33-23-11-13-32-18-23/h6-8,15,17,22-23,25,32H,9-14,16,18H2,1-5H3,(H,33,38)(H,34,39)/t22-,23-,25?/m0/s1. The normalized spacial score (nSPS) is 19.9. The average molecular weight is 563 g/mol. The second-order valence-electron chi connectivity index (χ2n) is 12.6. The van der Waals surface area contributed by atoms with Gasteiger partial charge in [-0.1, -0.05) is 44.2 Å². The highest BCUT2D eigenvalue weighted by molar-refractivity contribution is 7.19. The highest BCUT2D eigenvalue weighted by Gasteiger charge is 2.30. The SMILES string of the molecule is CN(C)CCC(NC(=O)c1nc2cc3c(nc2s1)CC[C@H](C(C)(C)C)C3)c1cccc(C(=O)N[C@H]2CCNC2)c1. The van der Waals surface area contributed by atoms with Crippen LogP contribution in [-0.4, -0.2) is 66.5 Å². The molecule has 1 saturated heterocycles. The molecule has 0 saturated carbocycles. The van der Waals surface area contributed by atoms with Gasteiger partial charge in [-0.25, -0.2) is 9.97 Å². The Morgan fingerprint density at radius 1 is 1.15 bits per heavy atom. The maximum Gasteiger partial charge on any atom is 0.280 e. The van der Waals surface area contributed by atoms with Crippen molar-refractivity contribution in [3.8, 4) is 0 Å². The Labute approximate surface area is 241 Å². The van der Waals surface area contributed by atoms with Crippen LogP contribution in [0, 0.1) is 11.3 Å². The van der Waals surface area contributed by atoms with Gasteiger partial charge in [-0.05, 0) is 99.9 Å². The van der Waals surface area contributed by atoms with Crippen LogP contribution in [0.15, 0.2) is 30.3 Å². The molecule has 3 aromatic rings. The number of fused-ring (bicyclic) bond motifs is 2. The molecule has 214 valence electrons. The number of pyridine rings is 1. The van der Waals surface area contributed by atoms with E-state index in [0.29, 0.717) is 22.9 Å². The van der Waals surface area contributed by atoms with Gasteiger partial charge in [0.1, 0.15) is 10.3 Å². The monoisotopic (exact) mass is 562 g/mol. The van der Waals surface area contributed by atoms with Crippen molar-refractivity contribution in [2.45, 2.75) is 65.0 Å². The summed E-state index contributed by atoms with van der Waals surface area (Å²) in [5, 5.41) is 10.0. The van der Waals surface area contributed by atoms with Crippen LogP contribution in [0.5, 0.6) is 0 Å². The second-order valence-corrected chi connectivity index (χ2v) is 13.6. The number of thiazole rings is 1. The smallest absolute Gasteiger partial charge is 0.280 e. The lowest BCUT2D eigenvalue weighted by atomic mass is 9.71. The van der Waals surface area contributed by atoms with E-state index in [4.69, 9.17) is 9.97 Å². The summed E-state index contributed by atoms with van der Waals surface area (Å²) in [6.45, 7) is 9.43. The van der Waals surface area contributed by atoms with Crippen LogP contribution < -0.4 is 16.0 Å². The zero-order valence-corrected chi connectivity index (χ0v) is 25.2. The maximum atomic E-state index is 13.5. The Hall–Kier alpha value is -2.88. The van der Waals surface area contributed by atoms with Crippen molar-refractivity contribution >= 4 is 33.5 Å². The van der Waals surface area contributed by atoms with Crippen LogP contribution in [0.2, 0.25) is 0 Å². The Balaban J connectivity index is 1.34. The molecule has 3 heterocycles. The average Bonchev–Trinajstić information content (AvgIpc) is 3.58. The van der Waals surface area contributed by atoms with E-state index in [-0.39, 0.29) is 29.3 Å². The molecular weight excluding hydrogens is 520 g/mol. The number of rotatable bonds is 8. The van der Waals surface area contributed by atoms with Crippen molar-refractivity contribution in [3.05, 3.63) is 57.7 Å². The molecule has 9 heteroatoms. The molecule has 0 spiro atoms. The molecule has 3 atom stereocenters. The number of nitrogens with zero attached hydrogens (tertiary/aromatic N) is 3. The van der Waals surface area contributed by atoms with Crippen LogP contribution in [0.3, 0.4) is 0 Å². The van der Waals surface area contributed by atoms with E-state index in [0.717, 1.165) is 66.9 Å². The summed E-state index contributed by atoms with van der Waals surface area (Å²) in [7, 11) is 4.03. The van der Waals surface area contributed by atoms with Gasteiger partial charge in [0.25, 0.3) is 11.8 Å². The van der Waals surface area contributed by atoms with E-state index in [1.807, 2.05) is 38.4 Å². The van der Waals surface area contributed by atoms with E-state index in [1.54, 1.807) is 0 Å². The summed E-state index contributed by atoms with van der Waals surface area (Å²) in [5.41, 5.74) is 4.99. The fourth-order valence-electron chi connectivity index (χ4n) is 5.72. The summed E-state index contributed by atoms with van der Waals surface area (Å²) >= 11 is 1.36. The molecule has 2 amide bonds. The summed E-state index contributed by atoms with van der Waals surface area (Å²) < 4.78 is 0. The van der Waals surface area contributed by atoms with Crippen LogP contribution in [0.1, 0.15) is 83.1 Å². The van der Waals surface area contributed by atoms with Gasteiger partial charge in [0.05, 0.1) is 6.04 Å². The highest BCUT2D eigenvalue weighted by Crippen LogP contribution is 2.38. The summed E-state index contributed by atoms with van der Waals surface area (Å²) in [6.07, 6.45) is 4.77. The number of nitrogens with one attached hydrogen (secondary N) is 3. The molecule has 1 aliphatic heterocycles. The molecule has 1 fully saturated rings. The third-order valence-electron chi connectivity index (χ3n) is 8.28. The number of carbonyl (C=O) groups is 2. The van der Waals surface area contributed by atoms with Gasteiger partial charge < -0.3 is 20.9 Å². The van der Waals surface area contributed by atoms with Crippen molar-refractivity contribution in [2.75, 3.05) is 33.7 Å². The second kappa shape index (κ2) is 11.9. The zero-order valence-electron chi connectivity index (χ0n) is 24.3. The highest BCUT2D eigenvalue weighted by atomic mass is 32.1. The third-order valence-corrected chi connectivity index (χ3v) is 9.25. The van der Waals surface area contributed by atoms with Gasteiger partial charge >= 0.3 is 0 Å². The largest absolute Gasteiger partial charge is 0.348 e. The van der Waals surface area contributed by atoms with Gasteiger partial charge in [-0.3, -0.25) is 9.59 Å². The van der Waals surface area contributed by atoms with E-state index in [1.165, 1.54) is 16.9 Å². The lowest BCUT2D eigenvalue weighted by Gasteiger charge is -2.34. The maximum absolute atomic E-state index is 13.5. The van der Waals surface area contributed by atoms with Crippen LogP contribution >= 0.6 is 11.3 Å². The molecule has 1 aromatic carbocycles. The van der Waals surface area contributed by atoms with Crippen molar-refractivity contribution in [1.82, 2.24) is 30.8 Å². The minimum atomic E-state index is -0.253. The predicted molar refractivity (Wildman–Crippen MR) is 161 cm³/mol. The summed E-state index contributed by atoms with van der Waals surface area (Å²) in [4.78, 5) is 39.0. The predicted octanol–water partition coefficient (Wildman–Crippen LogP) is 4.36. The van der Waals surface area contributed by atoms with Crippen LogP contribution in [0.25, 0.3) is 10.3 Å². The molecule has 1 aliphatic carbocycles. The first-order valence-electron chi connectivity index (χ1n) is 14.4. The number of benzene rings is 1. The van der Waals surface area contributed by atoms with Crippen molar-refractivity contribution in [3.63, 3.8) is 0 Å². The lowest BCUT2D eigenvalue weighted by Crippen LogP contribution is -2.36. The number of aryl methyl sites for hydroxylation is 1. The number of hydrogen-bond donors (Lipinski definition) is 3. The third kappa shape index (κ3) is 6.70. The Kier molecular flexibility index (Phi) is 8.54. The fourth-order valence-corrected chi connectivity index (χ4v) is 6.57. The number of aromatic nitrogens is 2.